The van der Waals surface area contributed by atoms with Gasteiger partial charge in [0, 0.05) is 24.3 Å². The van der Waals surface area contributed by atoms with E-state index in [0.717, 1.165) is 35.7 Å². The van der Waals surface area contributed by atoms with Crippen molar-refractivity contribution in [3.05, 3.63) is 107 Å². The third kappa shape index (κ3) is 4.76. The van der Waals surface area contributed by atoms with Crippen LogP contribution in [-0.2, 0) is 13.1 Å². The molecule has 5 rings (SSSR count). The number of pyridine rings is 2. The second kappa shape index (κ2) is 9.75. The van der Waals surface area contributed by atoms with Crippen molar-refractivity contribution in [1.29, 1.82) is 0 Å². The molecule has 2 aromatic heterocycles. The lowest BCUT2D eigenvalue weighted by atomic mass is 10.1. The Hall–Kier alpha value is -4.18. The molecule has 0 atom stereocenters. The summed E-state index contributed by atoms with van der Waals surface area (Å²) in [5, 5.41) is 0. The summed E-state index contributed by atoms with van der Waals surface area (Å²) in [6, 6.07) is 25.1. The van der Waals surface area contributed by atoms with Gasteiger partial charge in [-0.25, -0.2) is 0 Å². The lowest BCUT2D eigenvalue weighted by molar-refractivity contribution is -0.794. The maximum atomic E-state index is 5.25. The minimum absolute atomic E-state index is 0.868. The Balaban J connectivity index is 1.41. The van der Waals surface area contributed by atoms with E-state index >= 15 is 0 Å². The van der Waals surface area contributed by atoms with Gasteiger partial charge in [0.2, 0.25) is 13.1 Å². The van der Waals surface area contributed by atoms with Crippen LogP contribution in [0, 0.1) is 0 Å². The lowest BCUT2D eigenvalue weighted by Crippen LogP contribution is -2.53. The molecule has 0 saturated carbocycles. The van der Waals surface area contributed by atoms with E-state index in [1.54, 1.807) is 14.2 Å². The predicted octanol–water partition coefficient (Wildman–Crippen LogP) is 5.30. The Morgan fingerprint density at radius 3 is 1.29 bits per heavy atom. The first-order chi connectivity index (χ1) is 16.7. The van der Waals surface area contributed by atoms with Gasteiger partial charge in [-0.05, 0) is 46.5 Å². The minimum atomic E-state index is 0.868. The van der Waals surface area contributed by atoms with Gasteiger partial charge in [0.1, 0.15) is 11.5 Å². The molecule has 0 saturated heterocycles. The van der Waals surface area contributed by atoms with Gasteiger partial charge >= 0.3 is 0 Å². The third-order valence-corrected chi connectivity index (χ3v) is 6.13. The standard InChI is InChI=1S/C30H28N2O2/c1-33-27-11-7-23(8-12-27)3-5-25-15-17-31-19-20-32-18-16-26(22-30(32)29(31)21-25)6-4-24-9-13-28(34-2)14-10-24/h3-18,21-22H,19-20H2,1-2H3/q+2/b5-3+,6-4+. The smallest absolute Gasteiger partial charge is 0.278 e. The van der Waals surface area contributed by atoms with E-state index in [2.05, 4.69) is 94.4 Å². The molecule has 3 heterocycles. The lowest BCUT2D eigenvalue weighted by Gasteiger charge is -2.10. The average Bonchev–Trinajstić information content (AvgIpc) is 2.91. The van der Waals surface area contributed by atoms with Crippen LogP contribution < -0.4 is 18.6 Å². The number of aromatic nitrogens is 2. The van der Waals surface area contributed by atoms with E-state index in [1.165, 1.54) is 22.5 Å². The van der Waals surface area contributed by atoms with Crippen LogP contribution in [0.4, 0.5) is 0 Å². The summed E-state index contributed by atoms with van der Waals surface area (Å²) in [6.45, 7) is 1.94. The van der Waals surface area contributed by atoms with E-state index in [9.17, 15) is 0 Å². The van der Waals surface area contributed by atoms with Gasteiger partial charge in [0.05, 0.1) is 14.2 Å². The molecule has 0 aliphatic carbocycles. The summed E-state index contributed by atoms with van der Waals surface area (Å²) in [7, 11) is 3.37. The molecule has 0 amide bonds. The van der Waals surface area contributed by atoms with Crippen molar-refractivity contribution < 1.29 is 18.6 Å². The zero-order valence-corrected chi connectivity index (χ0v) is 19.5. The fraction of sp³-hybridized carbons (Fsp3) is 0.133. The van der Waals surface area contributed by atoms with Crippen molar-refractivity contribution in [1.82, 2.24) is 0 Å². The van der Waals surface area contributed by atoms with Crippen LogP contribution in [0.25, 0.3) is 35.7 Å². The van der Waals surface area contributed by atoms with Crippen LogP contribution >= 0.6 is 0 Å². The van der Waals surface area contributed by atoms with Gasteiger partial charge in [0.25, 0.3) is 11.4 Å². The summed E-state index contributed by atoms with van der Waals surface area (Å²) >= 11 is 0. The van der Waals surface area contributed by atoms with Crippen molar-refractivity contribution >= 4 is 24.3 Å². The van der Waals surface area contributed by atoms with E-state index in [-0.39, 0.29) is 0 Å². The highest BCUT2D eigenvalue weighted by Crippen LogP contribution is 2.21. The van der Waals surface area contributed by atoms with E-state index in [0.29, 0.717) is 0 Å². The van der Waals surface area contributed by atoms with Crippen LogP contribution in [0.15, 0.2) is 85.2 Å². The molecule has 0 bridgehead atoms. The summed E-state index contributed by atoms with van der Waals surface area (Å²) in [6.07, 6.45) is 13.0. The van der Waals surface area contributed by atoms with Gasteiger partial charge in [-0.15, -0.1) is 0 Å². The fourth-order valence-corrected chi connectivity index (χ4v) is 4.16. The zero-order valence-electron chi connectivity index (χ0n) is 19.5. The molecule has 0 fully saturated rings. The van der Waals surface area contributed by atoms with Crippen LogP contribution in [0.3, 0.4) is 0 Å². The van der Waals surface area contributed by atoms with Crippen LogP contribution in [-0.4, -0.2) is 14.2 Å². The quantitative estimate of drug-likeness (QED) is 0.374. The largest absolute Gasteiger partial charge is 0.497 e. The summed E-state index contributed by atoms with van der Waals surface area (Å²) < 4.78 is 15.2. The normalized spacial score (nSPS) is 12.5. The first kappa shape index (κ1) is 21.7. The van der Waals surface area contributed by atoms with Gasteiger partial charge < -0.3 is 9.47 Å². The van der Waals surface area contributed by atoms with Crippen LogP contribution in [0.5, 0.6) is 11.5 Å². The van der Waals surface area contributed by atoms with Gasteiger partial charge in [-0.2, -0.15) is 9.13 Å². The molecule has 1 aliphatic rings. The van der Waals surface area contributed by atoms with Crippen LogP contribution in [0.2, 0.25) is 0 Å². The number of benzene rings is 2. The topological polar surface area (TPSA) is 26.2 Å². The zero-order chi connectivity index (χ0) is 23.3. The molecule has 0 radical (unpaired) electrons. The molecule has 4 heteroatoms. The van der Waals surface area contributed by atoms with Crippen LogP contribution in [0.1, 0.15) is 22.3 Å². The number of methoxy groups -OCH3 is 2. The average molecular weight is 449 g/mol. The fourth-order valence-electron chi connectivity index (χ4n) is 4.16. The number of nitrogens with zero attached hydrogens (tertiary/aromatic N) is 2. The summed E-state index contributed by atoms with van der Waals surface area (Å²) in [4.78, 5) is 0. The second-order valence-electron chi connectivity index (χ2n) is 8.29. The SMILES string of the molecule is COc1ccc(/C=C/c2cc[n+]3c(c2)-c2cc(/C=C/c4ccc(OC)cc4)cc[n+]2CC3)cc1. The van der Waals surface area contributed by atoms with Crippen molar-refractivity contribution in [2.75, 3.05) is 14.2 Å². The molecule has 0 N–H and O–H groups in total. The molecular formula is C30H28N2O2+2. The van der Waals surface area contributed by atoms with Crippen molar-refractivity contribution in [2.24, 2.45) is 0 Å². The van der Waals surface area contributed by atoms with E-state index in [1.807, 2.05) is 24.3 Å². The number of aryl methyl sites for hydroxylation is 2. The highest BCUT2D eigenvalue weighted by atomic mass is 16.5. The van der Waals surface area contributed by atoms with E-state index in [4.69, 9.17) is 9.47 Å². The highest BCUT2D eigenvalue weighted by Gasteiger charge is 2.29. The number of hydrogen-bond acceptors (Lipinski definition) is 2. The highest BCUT2D eigenvalue weighted by molar-refractivity contribution is 5.73. The second-order valence-corrected chi connectivity index (χ2v) is 8.29. The number of hydrogen-bond donors (Lipinski definition) is 0. The Kier molecular flexibility index (Phi) is 6.21. The molecular weight excluding hydrogens is 420 g/mol. The molecule has 2 aromatic carbocycles. The number of rotatable bonds is 6. The van der Waals surface area contributed by atoms with Crippen molar-refractivity contribution in [3.63, 3.8) is 0 Å². The first-order valence-electron chi connectivity index (χ1n) is 11.4. The molecule has 34 heavy (non-hydrogen) atoms. The molecule has 0 unspecified atom stereocenters. The Labute approximate surface area is 200 Å². The molecule has 0 spiro atoms. The molecule has 1 aliphatic heterocycles. The first-order valence-corrected chi connectivity index (χ1v) is 11.4. The third-order valence-electron chi connectivity index (χ3n) is 6.13. The van der Waals surface area contributed by atoms with E-state index < -0.39 is 0 Å². The number of fused-ring (bicyclic) bond motifs is 3. The minimum Gasteiger partial charge on any atom is -0.497 e. The Bertz CT molecular complexity index is 1250. The van der Waals surface area contributed by atoms with Gasteiger partial charge in [-0.1, -0.05) is 48.6 Å². The predicted molar refractivity (Wildman–Crippen MR) is 136 cm³/mol. The molecule has 4 nitrogen and oxygen atoms in total. The van der Waals surface area contributed by atoms with Gasteiger partial charge in [0.15, 0.2) is 12.4 Å². The van der Waals surface area contributed by atoms with Crippen molar-refractivity contribution in [3.8, 4) is 22.9 Å². The van der Waals surface area contributed by atoms with Crippen molar-refractivity contribution in [2.45, 2.75) is 13.1 Å². The maximum Gasteiger partial charge on any atom is 0.278 e. The Morgan fingerprint density at radius 2 is 0.912 bits per heavy atom. The summed E-state index contributed by atoms with van der Waals surface area (Å²) in [5.74, 6) is 1.74. The Morgan fingerprint density at radius 1 is 0.529 bits per heavy atom. The molecule has 168 valence electrons. The maximum absolute atomic E-state index is 5.25. The monoisotopic (exact) mass is 448 g/mol. The summed E-state index contributed by atoms with van der Waals surface area (Å²) in [5.41, 5.74) is 7.09. The number of ether oxygens (including phenoxy) is 2. The van der Waals surface area contributed by atoms with Gasteiger partial charge in [-0.3, -0.25) is 0 Å². The molecule has 4 aromatic rings.